The van der Waals surface area contributed by atoms with E-state index in [1.54, 1.807) is 18.2 Å². The molecular weight excluding hydrogens is 594 g/mol. The molecule has 9 nitrogen and oxygen atoms in total. The third kappa shape index (κ3) is 5.60. The van der Waals surface area contributed by atoms with E-state index in [9.17, 15) is 36.2 Å². The third-order valence-corrected chi connectivity index (χ3v) is 6.33. The van der Waals surface area contributed by atoms with E-state index >= 15 is 0 Å². The summed E-state index contributed by atoms with van der Waals surface area (Å²) in [4.78, 5) is 21.9. The molecule has 16 heteroatoms. The lowest BCUT2D eigenvalue weighted by Gasteiger charge is -2.15. The van der Waals surface area contributed by atoms with Crippen molar-refractivity contribution in [3.63, 3.8) is 0 Å². The third-order valence-electron chi connectivity index (χ3n) is 6.00. The number of rotatable bonds is 7. The molecule has 0 saturated carbocycles. The van der Waals surface area contributed by atoms with Crippen molar-refractivity contribution in [2.75, 3.05) is 0 Å². The van der Waals surface area contributed by atoms with E-state index < -0.39 is 53.7 Å². The molecule has 0 aliphatic rings. The zero-order valence-electron chi connectivity index (χ0n) is 20.8. The van der Waals surface area contributed by atoms with Crippen LogP contribution < -0.4 is 0 Å². The smallest absolute Gasteiger partial charge is 0.388 e. The zero-order chi connectivity index (χ0) is 30.2. The summed E-state index contributed by atoms with van der Waals surface area (Å²) in [7, 11) is 0. The number of carbonyl (C=O) groups excluding carboxylic acids is 1. The summed E-state index contributed by atoms with van der Waals surface area (Å²) in [5.74, 6) is -1.13. The lowest BCUT2D eigenvalue weighted by Crippen LogP contribution is -2.14. The van der Waals surface area contributed by atoms with Crippen molar-refractivity contribution in [2.24, 2.45) is 0 Å². The van der Waals surface area contributed by atoms with Crippen molar-refractivity contribution in [2.45, 2.75) is 25.5 Å². The Labute approximate surface area is 236 Å². The second-order valence-electron chi connectivity index (χ2n) is 8.75. The monoisotopic (exact) mass is 608 g/mol. The highest BCUT2D eigenvalue weighted by atomic mass is 35.5. The SMILES string of the molecule is O=C(c1nnn(Cc2cc(C(F)(F)F)cc(C(F)(F)F)c2)c1-c1cnccn1)c1c(-c2ccccc2Cl)noc1CO. The van der Waals surface area contributed by atoms with Crippen LogP contribution in [0.3, 0.4) is 0 Å². The average Bonchev–Trinajstić information content (AvgIpc) is 3.57. The Morgan fingerprint density at radius 3 is 2.29 bits per heavy atom. The van der Waals surface area contributed by atoms with Crippen LogP contribution in [0.2, 0.25) is 5.02 Å². The van der Waals surface area contributed by atoms with Gasteiger partial charge in [0.15, 0.2) is 11.5 Å². The van der Waals surface area contributed by atoms with Crippen LogP contribution in [0, 0.1) is 0 Å². The standard InChI is InChI=1S/C26H15ClF6N6O3/c27-17-4-2-1-3-16(17)21-20(19(12-40)42-37-21)24(41)22-23(18-10-34-5-6-35-18)39(38-36-22)11-13-7-14(25(28,29)30)9-15(8-13)26(31,32)33/h1-10,40H,11-12H2. The van der Waals surface area contributed by atoms with Gasteiger partial charge in [0.2, 0.25) is 5.78 Å². The Morgan fingerprint density at radius 2 is 1.69 bits per heavy atom. The number of nitrogens with zero attached hydrogens (tertiary/aromatic N) is 6. The van der Waals surface area contributed by atoms with E-state index in [-0.39, 0.29) is 45.1 Å². The number of aliphatic hydroxyl groups is 1. The minimum Gasteiger partial charge on any atom is -0.388 e. The van der Waals surface area contributed by atoms with Crippen molar-refractivity contribution in [3.05, 3.63) is 99.8 Å². The summed E-state index contributed by atoms with van der Waals surface area (Å²) in [6.45, 7) is -1.41. The highest BCUT2D eigenvalue weighted by molar-refractivity contribution is 6.33. The van der Waals surface area contributed by atoms with E-state index in [2.05, 4.69) is 25.4 Å². The number of hydrogen-bond donors (Lipinski definition) is 1. The fraction of sp³-hybridized carbons (Fsp3) is 0.154. The van der Waals surface area contributed by atoms with Crippen molar-refractivity contribution in [1.82, 2.24) is 30.1 Å². The summed E-state index contributed by atoms with van der Waals surface area (Å²) in [5.41, 5.74) is -4.07. The van der Waals surface area contributed by atoms with Crippen molar-refractivity contribution >= 4 is 17.4 Å². The Bertz CT molecular complexity index is 1740. The number of hydrogen-bond acceptors (Lipinski definition) is 8. The quantitative estimate of drug-likeness (QED) is 0.180. The molecule has 5 rings (SSSR count). The predicted octanol–water partition coefficient (Wildman–Crippen LogP) is 5.85. The van der Waals surface area contributed by atoms with Crippen LogP contribution in [0.4, 0.5) is 26.3 Å². The van der Waals surface area contributed by atoms with Gasteiger partial charge in [0.05, 0.1) is 34.5 Å². The predicted molar refractivity (Wildman–Crippen MR) is 133 cm³/mol. The van der Waals surface area contributed by atoms with Crippen LogP contribution in [-0.2, 0) is 25.5 Å². The molecule has 0 radical (unpaired) electrons. The molecule has 2 aromatic carbocycles. The number of aromatic nitrogens is 6. The maximum Gasteiger partial charge on any atom is 0.416 e. The van der Waals surface area contributed by atoms with Gasteiger partial charge in [0.1, 0.15) is 23.7 Å². The molecule has 0 atom stereocenters. The van der Waals surface area contributed by atoms with Crippen LogP contribution in [0.5, 0.6) is 0 Å². The van der Waals surface area contributed by atoms with Gasteiger partial charge in [-0.15, -0.1) is 5.10 Å². The molecule has 0 unspecified atom stereocenters. The molecule has 0 amide bonds. The second kappa shape index (κ2) is 11.0. The van der Waals surface area contributed by atoms with Crippen LogP contribution in [0.25, 0.3) is 22.6 Å². The molecule has 3 aromatic heterocycles. The molecule has 1 N–H and O–H groups in total. The summed E-state index contributed by atoms with van der Waals surface area (Å²) in [6.07, 6.45) is -6.38. The van der Waals surface area contributed by atoms with E-state index in [1.807, 2.05) is 0 Å². The first-order valence-corrected chi connectivity index (χ1v) is 12.1. The minimum absolute atomic E-state index is 0.00192. The maximum absolute atomic E-state index is 13.9. The van der Waals surface area contributed by atoms with Gasteiger partial charge in [-0.3, -0.25) is 14.8 Å². The molecule has 0 spiro atoms. The fourth-order valence-electron chi connectivity index (χ4n) is 4.16. The molecule has 216 valence electrons. The first kappa shape index (κ1) is 28.9. The van der Waals surface area contributed by atoms with Crippen molar-refractivity contribution in [3.8, 4) is 22.6 Å². The Kier molecular flexibility index (Phi) is 7.55. The lowest BCUT2D eigenvalue weighted by atomic mass is 9.99. The molecule has 0 aliphatic heterocycles. The number of benzene rings is 2. The lowest BCUT2D eigenvalue weighted by molar-refractivity contribution is -0.143. The number of aliphatic hydroxyl groups excluding tert-OH is 1. The number of carbonyl (C=O) groups is 1. The topological polar surface area (TPSA) is 120 Å². The summed E-state index contributed by atoms with van der Waals surface area (Å²) in [5, 5.41) is 21.7. The molecule has 0 fully saturated rings. The van der Waals surface area contributed by atoms with Crippen LogP contribution in [0.15, 0.2) is 65.6 Å². The number of halogens is 7. The molecule has 5 aromatic rings. The van der Waals surface area contributed by atoms with E-state index in [0.717, 1.165) is 4.68 Å². The van der Waals surface area contributed by atoms with Gasteiger partial charge in [-0.2, -0.15) is 26.3 Å². The average molecular weight is 609 g/mol. The summed E-state index contributed by atoms with van der Waals surface area (Å²) < 4.78 is 86.8. The van der Waals surface area contributed by atoms with E-state index in [1.165, 1.54) is 24.7 Å². The highest BCUT2D eigenvalue weighted by Crippen LogP contribution is 2.37. The van der Waals surface area contributed by atoms with Crippen LogP contribution >= 0.6 is 11.6 Å². The Hall–Kier alpha value is -4.63. The molecule has 0 saturated heterocycles. The largest absolute Gasteiger partial charge is 0.416 e. The van der Waals surface area contributed by atoms with Gasteiger partial charge < -0.3 is 9.63 Å². The summed E-state index contributed by atoms with van der Waals surface area (Å²) >= 11 is 6.28. The van der Waals surface area contributed by atoms with Gasteiger partial charge >= 0.3 is 12.4 Å². The minimum atomic E-state index is -5.07. The highest BCUT2D eigenvalue weighted by Gasteiger charge is 2.37. The van der Waals surface area contributed by atoms with Crippen molar-refractivity contribution < 1.29 is 40.8 Å². The van der Waals surface area contributed by atoms with Gasteiger partial charge in [0, 0.05) is 18.0 Å². The van der Waals surface area contributed by atoms with Crippen molar-refractivity contribution in [1.29, 1.82) is 0 Å². The van der Waals surface area contributed by atoms with Gasteiger partial charge in [-0.25, -0.2) is 4.68 Å². The summed E-state index contributed by atoms with van der Waals surface area (Å²) in [6, 6.07) is 7.41. The van der Waals surface area contributed by atoms with Crippen LogP contribution in [0.1, 0.15) is 38.5 Å². The Morgan fingerprint density at radius 1 is 1.00 bits per heavy atom. The van der Waals surface area contributed by atoms with Crippen LogP contribution in [-0.4, -0.2) is 41.0 Å². The molecule has 42 heavy (non-hydrogen) atoms. The second-order valence-corrected chi connectivity index (χ2v) is 9.15. The Balaban J connectivity index is 1.66. The first-order chi connectivity index (χ1) is 19.9. The molecule has 0 aliphatic carbocycles. The van der Waals surface area contributed by atoms with Gasteiger partial charge in [0.25, 0.3) is 0 Å². The maximum atomic E-state index is 13.9. The van der Waals surface area contributed by atoms with Gasteiger partial charge in [-0.1, -0.05) is 40.2 Å². The zero-order valence-corrected chi connectivity index (χ0v) is 21.5. The van der Waals surface area contributed by atoms with Gasteiger partial charge in [-0.05, 0) is 29.8 Å². The number of alkyl halides is 6. The number of ketones is 1. The molecule has 3 heterocycles. The first-order valence-electron chi connectivity index (χ1n) is 11.8. The molecule has 0 bridgehead atoms. The van der Waals surface area contributed by atoms with E-state index in [4.69, 9.17) is 16.1 Å². The fourth-order valence-corrected chi connectivity index (χ4v) is 4.38. The van der Waals surface area contributed by atoms with E-state index in [0.29, 0.717) is 12.1 Å². The molecular formula is C26H15ClF6N6O3. The normalized spacial score (nSPS) is 12.1.